The molecule has 1 aliphatic rings. The van der Waals surface area contributed by atoms with Gasteiger partial charge in [-0.3, -0.25) is 0 Å². The van der Waals surface area contributed by atoms with Gasteiger partial charge in [-0.1, -0.05) is 28.9 Å². The van der Waals surface area contributed by atoms with Gasteiger partial charge in [0, 0.05) is 6.54 Å². The van der Waals surface area contributed by atoms with Crippen LogP contribution in [0.25, 0.3) is 11.5 Å². The van der Waals surface area contributed by atoms with Crippen molar-refractivity contribution in [2.45, 2.75) is 6.04 Å². The first-order valence-corrected chi connectivity index (χ1v) is 6.12. The van der Waals surface area contributed by atoms with Gasteiger partial charge in [-0.15, -0.1) is 0 Å². The number of ether oxygens (including phenoxy) is 1. The lowest BCUT2D eigenvalue weighted by molar-refractivity contribution is 0.0734. The molecule has 0 amide bonds. The molecule has 0 saturated carbocycles. The fraction of sp³-hybridized carbons (Fsp3) is 0.333. The van der Waals surface area contributed by atoms with Crippen molar-refractivity contribution in [3.8, 4) is 11.5 Å². The first-order valence-electron chi connectivity index (χ1n) is 5.74. The van der Waals surface area contributed by atoms with E-state index in [4.69, 9.17) is 20.9 Å². The molecular weight excluding hydrogens is 254 g/mol. The van der Waals surface area contributed by atoms with Gasteiger partial charge < -0.3 is 14.6 Å². The molecule has 1 unspecified atom stereocenters. The zero-order valence-electron chi connectivity index (χ0n) is 9.60. The van der Waals surface area contributed by atoms with E-state index in [-0.39, 0.29) is 6.04 Å². The molecular formula is C12H12ClN3O2. The molecule has 1 fully saturated rings. The summed E-state index contributed by atoms with van der Waals surface area (Å²) in [4.78, 5) is 4.36. The first-order chi connectivity index (χ1) is 8.84. The highest BCUT2D eigenvalue weighted by atomic mass is 35.5. The van der Waals surface area contributed by atoms with Gasteiger partial charge in [-0.25, -0.2) is 0 Å². The molecule has 6 heteroatoms. The minimum atomic E-state index is -0.0151. The van der Waals surface area contributed by atoms with Crippen LogP contribution in [-0.4, -0.2) is 29.9 Å². The second kappa shape index (κ2) is 5.06. The lowest BCUT2D eigenvalue weighted by Gasteiger charge is -2.20. The number of hydrogen-bond donors (Lipinski definition) is 1. The summed E-state index contributed by atoms with van der Waals surface area (Å²) in [7, 11) is 0. The second-order valence-corrected chi connectivity index (χ2v) is 4.43. The standard InChI is InChI=1S/C12H12ClN3O2/c13-9-4-2-1-3-8(9)12-15-11(16-18-12)10-7-17-6-5-14-10/h1-4,10,14H,5-7H2. The predicted molar refractivity (Wildman–Crippen MR) is 66.3 cm³/mol. The molecule has 2 aromatic rings. The van der Waals surface area contributed by atoms with Crippen LogP contribution >= 0.6 is 11.6 Å². The number of nitrogens with zero attached hydrogens (tertiary/aromatic N) is 2. The fourth-order valence-electron chi connectivity index (χ4n) is 1.85. The Kier molecular flexibility index (Phi) is 3.27. The summed E-state index contributed by atoms with van der Waals surface area (Å²) in [6, 6.07) is 7.37. The van der Waals surface area contributed by atoms with Crippen molar-refractivity contribution >= 4 is 11.6 Å². The second-order valence-electron chi connectivity index (χ2n) is 4.02. The molecule has 94 valence electrons. The minimum Gasteiger partial charge on any atom is -0.378 e. The van der Waals surface area contributed by atoms with E-state index in [2.05, 4.69) is 15.5 Å². The Balaban J connectivity index is 1.87. The largest absolute Gasteiger partial charge is 0.378 e. The van der Waals surface area contributed by atoms with Gasteiger partial charge in [0.1, 0.15) is 0 Å². The van der Waals surface area contributed by atoms with E-state index in [0.29, 0.717) is 30.0 Å². The van der Waals surface area contributed by atoms with Crippen LogP contribution in [0.1, 0.15) is 11.9 Å². The van der Waals surface area contributed by atoms with Crippen LogP contribution in [-0.2, 0) is 4.74 Å². The van der Waals surface area contributed by atoms with E-state index < -0.39 is 0 Å². The zero-order valence-corrected chi connectivity index (χ0v) is 10.4. The molecule has 0 bridgehead atoms. The molecule has 0 spiro atoms. The molecule has 3 rings (SSSR count). The molecule has 18 heavy (non-hydrogen) atoms. The van der Waals surface area contributed by atoms with E-state index in [0.717, 1.165) is 12.1 Å². The summed E-state index contributed by atoms with van der Waals surface area (Å²) in [6.45, 7) is 2.06. The number of halogens is 1. The van der Waals surface area contributed by atoms with Crippen LogP contribution in [0.4, 0.5) is 0 Å². The number of hydrogen-bond acceptors (Lipinski definition) is 5. The minimum absolute atomic E-state index is 0.0151. The van der Waals surface area contributed by atoms with E-state index in [9.17, 15) is 0 Å². The Morgan fingerprint density at radius 1 is 1.33 bits per heavy atom. The monoisotopic (exact) mass is 265 g/mol. The van der Waals surface area contributed by atoms with Gasteiger partial charge in [-0.2, -0.15) is 4.98 Å². The van der Waals surface area contributed by atoms with Gasteiger partial charge in [-0.05, 0) is 12.1 Å². The van der Waals surface area contributed by atoms with Gasteiger partial charge in [0.15, 0.2) is 5.82 Å². The number of benzene rings is 1. The number of morpholine rings is 1. The molecule has 1 atom stereocenters. The van der Waals surface area contributed by atoms with Crippen LogP contribution in [0.5, 0.6) is 0 Å². The summed E-state index contributed by atoms with van der Waals surface area (Å²) < 4.78 is 10.6. The number of rotatable bonds is 2. The molecule has 1 aliphatic heterocycles. The van der Waals surface area contributed by atoms with Crippen molar-refractivity contribution in [1.82, 2.24) is 15.5 Å². The predicted octanol–water partition coefficient (Wildman–Crippen LogP) is 2.05. The summed E-state index contributed by atoms with van der Waals surface area (Å²) >= 11 is 6.09. The van der Waals surface area contributed by atoms with E-state index in [1.54, 1.807) is 6.07 Å². The molecule has 1 aromatic carbocycles. The normalized spacial score (nSPS) is 19.9. The van der Waals surface area contributed by atoms with E-state index in [1.807, 2.05) is 18.2 Å². The molecule has 0 radical (unpaired) electrons. The smallest absolute Gasteiger partial charge is 0.259 e. The van der Waals surface area contributed by atoms with Gasteiger partial charge >= 0.3 is 0 Å². The highest BCUT2D eigenvalue weighted by Gasteiger charge is 2.21. The Hall–Kier alpha value is -1.43. The van der Waals surface area contributed by atoms with Gasteiger partial charge in [0.05, 0.1) is 29.8 Å². The van der Waals surface area contributed by atoms with Crippen LogP contribution in [0, 0.1) is 0 Å². The Morgan fingerprint density at radius 2 is 2.22 bits per heavy atom. The van der Waals surface area contributed by atoms with Crippen LogP contribution in [0.15, 0.2) is 28.8 Å². The Labute approximate surface area is 109 Å². The molecule has 2 heterocycles. The Bertz CT molecular complexity index is 538. The van der Waals surface area contributed by atoms with Gasteiger partial charge in [0.25, 0.3) is 5.89 Å². The van der Waals surface area contributed by atoms with Gasteiger partial charge in [0.2, 0.25) is 0 Å². The Morgan fingerprint density at radius 3 is 3.00 bits per heavy atom. The lowest BCUT2D eigenvalue weighted by Crippen LogP contribution is -2.35. The van der Waals surface area contributed by atoms with Crippen LogP contribution in [0.2, 0.25) is 5.02 Å². The summed E-state index contributed by atoms with van der Waals surface area (Å²) in [5, 5.41) is 7.84. The SMILES string of the molecule is Clc1ccccc1-c1nc(C2COCCN2)no1. The summed E-state index contributed by atoms with van der Waals surface area (Å²) in [5.74, 6) is 1.03. The third kappa shape index (κ3) is 2.25. The number of nitrogens with one attached hydrogen (secondary N) is 1. The summed E-state index contributed by atoms with van der Waals surface area (Å²) in [5.41, 5.74) is 0.745. The van der Waals surface area contributed by atoms with Crippen LogP contribution in [0.3, 0.4) is 0 Å². The molecule has 0 aliphatic carbocycles. The van der Waals surface area contributed by atoms with Crippen molar-refractivity contribution in [3.05, 3.63) is 35.1 Å². The van der Waals surface area contributed by atoms with Crippen LogP contribution < -0.4 is 5.32 Å². The average molecular weight is 266 g/mol. The maximum absolute atomic E-state index is 6.09. The summed E-state index contributed by atoms with van der Waals surface area (Å²) in [6.07, 6.45) is 0. The maximum atomic E-state index is 6.09. The zero-order chi connectivity index (χ0) is 12.4. The topological polar surface area (TPSA) is 60.2 Å². The van der Waals surface area contributed by atoms with Crippen molar-refractivity contribution < 1.29 is 9.26 Å². The molecule has 1 N–H and O–H groups in total. The highest BCUT2D eigenvalue weighted by molar-refractivity contribution is 6.33. The third-order valence-electron chi connectivity index (χ3n) is 2.78. The van der Waals surface area contributed by atoms with Crippen molar-refractivity contribution in [1.29, 1.82) is 0 Å². The average Bonchev–Trinajstić information content (AvgIpc) is 2.90. The van der Waals surface area contributed by atoms with Crippen molar-refractivity contribution in [3.63, 3.8) is 0 Å². The highest BCUT2D eigenvalue weighted by Crippen LogP contribution is 2.27. The van der Waals surface area contributed by atoms with E-state index >= 15 is 0 Å². The molecule has 5 nitrogen and oxygen atoms in total. The quantitative estimate of drug-likeness (QED) is 0.901. The van der Waals surface area contributed by atoms with Crippen molar-refractivity contribution in [2.24, 2.45) is 0 Å². The van der Waals surface area contributed by atoms with Crippen molar-refractivity contribution in [2.75, 3.05) is 19.8 Å². The van der Waals surface area contributed by atoms with E-state index in [1.165, 1.54) is 0 Å². The first kappa shape index (κ1) is 11.6. The lowest BCUT2D eigenvalue weighted by atomic mass is 10.2. The molecule has 1 saturated heterocycles. The fourth-order valence-corrected chi connectivity index (χ4v) is 2.07. The molecule has 1 aromatic heterocycles. The third-order valence-corrected chi connectivity index (χ3v) is 3.11. The maximum Gasteiger partial charge on any atom is 0.259 e. The number of aromatic nitrogens is 2.